The number of urea groups is 1. The second kappa shape index (κ2) is 6.70. The molecule has 5 nitrogen and oxygen atoms in total. The van der Waals surface area contributed by atoms with E-state index in [1.54, 1.807) is 11.0 Å². The van der Waals surface area contributed by atoms with Crippen LogP contribution in [0.1, 0.15) is 19.4 Å². The number of amides is 2. The molecule has 1 saturated heterocycles. The second-order valence-corrected chi connectivity index (χ2v) is 7.23. The van der Waals surface area contributed by atoms with Crippen molar-refractivity contribution in [1.82, 2.24) is 15.2 Å². The summed E-state index contributed by atoms with van der Waals surface area (Å²) in [7, 11) is 0. The highest BCUT2D eigenvalue weighted by atomic mass is 32.1. The molecule has 0 bridgehead atoms. The minimum atomic E-state index is -4.42. The number of benzene rings is 1. The van der Waals surface area contributed by atoms with E-state index in [2.05, 4.69) is 10.3 Å². The number of rotatable bonds is 2. The van der Waals surface area contributed by atoms with Crippen molar-refractivity contribution in [3.05, 3.63) is 23.8 Å². The SMILES string of the molecule is CC(C)NC(=O)N1CCN(c2nc3c(C(F)(F)F)cccc3s2)CC1. The fourth-order valence-corrected chi connectivity index (χ4v) is 3.78. The first-order chi connectivity index (χ1) is 11.8. The fourth-order valence-electron chi connectivity index (χ4n) is 2.74. The molecule has 0 aliphatic carbocycles. The molecule has 0 saturated carbocycles. The van der Waals surface area contributed by atoms with Crippen molar-refractivity contribution < 1.29 is 18.0 Å². The van der Waals surface area contributed by atoms with Crippen LogP contribution in [0.5, 0.6) is 0 Å². The first-order valence-corrected chi connectivity index (χ1v) is 8.84. The number of hydrogen-bond donors (Lipinski definition) is 1. The van der Waals surface area contributed by atoms with Gasteiger partial charge in [-0.15, -0.1) is 0 Å². The normalized spacial score (nSPS) is 15.9. The number of halogens is 3. The van der Waals surface area contributed by atoms with E-state index in [1.807, 2.05) is 18.7 Å². The van der Waals surface area contributed by atoms with Crippen molar-refractivity contribution in [3.8, 4) is 0 Å². The molecule has 1 fully saturated rings. The zero-order valence-corrected chi connectivity index (χ0v) is 14.7. The number of hydrogen-bond acceptors (Lipinski definition) is 4. The number of alkyl halides is 3. The van der Waals surface area contributed by atoms with E-state index in [4.69, 9.17) is 0 Å². The number of carbonyl (C=O) groups is 1. The van der Waals surface area contributed by atoms with E-state index in [9.17, 15) is 18.0 Å². The minimum absolute atomic E-state index is 0.00465. The maximum atomic E-state index is 13.1. The summed E-state index contributed by atoms with van der Waals surface area (Å²) in [5.74, 6) is 0. The lowest BCUT2D eigenvalue weighted by Gasteiger charge is -2.34. The van der Waals surface area contributed by atoms with Crippen LogP contribution in [-0.4, -0.2) is 48.1 Å². The Bertz CT molecular complexity index is 766. The molecular weight excluding hydrogens is 353 g/mol. The zero-order valence-electron chi connectivity index (χ0n) is 13.9. The Kier molecular flexibility index (Phi) is 4.77. The molecule has 1 N–H and O–H groups in total. The van der Waals surface area contributed by atoms with Crippen LogP contribution in [0.25, 0.3) is 10.2 Å². The summed E-state index contributed by atoms with van der Waals surface area (Å²) in [5, 5.41) is 3.41. The van der Waals surface area contributed by atoms with Crippen molar-refractivity contribution in [3.63, 3.8) is 0 Å². The molecule has 0 radical (unpaired) electrons. The summed E-state index contributed by atoms with van der Waals surface area (Å²) in [6, 6.07) is 4.06. The summed E-state index contributed by atoms with van der Waals surface area (Å²) in [5.41, 5.74) is -0.711. The Hall–Kier alpha value is -2.03. The highest BCUT2D eigenvalue weighted by molar-refractivity contribution is 7.22. The van der Waals surface area contributed by atoms with Crippen molar-refractivity contribution in [2.75, 3.05) is 31.1 Å². The van der Waals surface area contributed by atoms with Crippen LogP contribution in [0.2, 0.25) is 0 Å². The van der Waals surface area contributed by atoms with Gasteiger partial charge in [0, 0.05) is 32.2 Å². The van der Waals surface area contributed by atoms with Gasteiger partial charge in [-0.1, -0.05) is 17.4 Å². The number of aromatic nitrogens is 1. The molecule has 25 heavy (non-hydrogen) atoms. The molecule has 136 valence electrons. The van der Waals surface area contributed by atoms with E-state index in [0.717, 1.165) is 6.07 Å². The molecule has 2 heterocycles. The van der Waals surface area contributed by atoms with Crippen LogP contribution in [0.15, 0.2) is 18.2 Å². The maximum Gasteiger partial charge on any atom is 0.418 e. The van der Waals surface area contributed by atoms with Gasteiger partial charge < -0.3 is 15.1 Å². The molecule has 3 rings (SSSR count). The highest BCUT2D eigenvalue weighted by Gasteiger charge is 2.34. The van der Waals surface area contributed by atoms with E-state index < -0.39 is 11.7 Å². The van der Waals surface area contributed by atoms with Gasteiger partial charge in [0.15, 0.2) is 5.13 Å². The Morgan fingerprint density at radius 1 is 1.24 bits per heavy atom. The van der Waals surface area contributed by atoms with Gasteiger partial charge in [-0.25, -0.2) is 9.78 Å². The molecule has 1 aromatic heterocycles. The number of piperazine rings is 1. The highest BCUT2D eigenvalue weighted by Crippen LogP contribution is 2.38. The van der Waals surface area contributed by atoms with Crippen LogP contribution >= 0.6 is 11.3 Å². The van der Waals surface area contributed by atoms with Crippen LogP contribution < -0.4 is 10.2 Å². The summed E-state index contributed by atoms with van der Waals surface area (Å²) >= 11 is 1.25. The molecule has 2 amide bonds. The molecule has 0 spiro atoms. The molecule has 9 heteroatoms. The first-order valence-electron chi connectivity index (χ1n) is 8.03. The lowest BCUT2D eigenvalue weighted by molar-refractivity contribution is -0.136. The molecule has 0 atom stereocenters. The Labute approximate surface area is 147 Å². The maximum absolute atomic E-state index is 13.1. The quantitative estimate of drug-likeness (QED) is 0.877. The van der Waals surface area contributed by atoms with E-state index in [1.165, 1.54) is 17.4 Å². The number of fused-ring (bicyclic) bond motifs is 1. The standard InChI is InChI=1S/C16H19F3N4OS/c1-10(2)20-14(24)22-6-8-23(9-7-22)15-21-13-11(16(17,18)19)4-3-5-12(13)25-15/h3-5,10H,6-9H2,1-2H3,(H,20,24). The third-order valence-corrected chi connectivity index (χ3v) is 5.04. The number of para-hydroxylation sites is 1. The van der Waals surface area contributed by atoms with Gasteiger partial charge in [0.2, 0.25) is 0 Å². The second-order valence-electron chi connectivity index (χ2n) is 6.22. The number of carbonyl (C=O) groups excluding carboxylic acids is 1. The predicted octanol–water partition coefficient (Wildman–Crippen LogP) is 3.56. The average Bonchev–Trinajstić information content (AvgIpc) is 2.97. The van der Waals surface area contributed by atoms with Gasteiger partial charge in [0.05, 0.1) is 15.8 Å². The topological polar surface area (TPSA) is 48.5 Å². The smallest absolute Gasteiger partial charge is 0.345 e. The van der Waals surface area contributed by atoms with Crippen LogP contribution in [-0.2, 0) is 6.18 Å². The van der Waals surface area contributed by atoms with Gasteiger partial charge in [-0.2, -0.15) is 13.2 Å². The Balaban J connectivity index is 1.75. The molecule has 1 aliphatic rings. The summed E-state index contributed by atoms with van der Waals surface area (Å²) in [6.07, 6.45) is -4.42. The summed E-state index contributed by atoms with van der Waals surface area (Å²) < 4.78 is 39.9. The number of thiazole rings is 1. The van der Waals surface area contributed by atoms with Crippen LogP contribution in [0, 0.1) is 0 Å². The van der Waals surface area contributed by atoms with E-state index >= 15 is 0 Å². The average molecular weight is 372 g/mol. The van der Waals surface area contributed by atoms with Crippen molar-refractivity contribution in [2.24, 2.45) is 0 Å². The molecule has 0 unspecified atom stereocenters. The zero-order chi connectivity index (χ0) is 18.2. The lowest BCUT2D eigenvalue weighted by atomic mass is 10.2. The van der Waals surface area contributed by atoms with Crippen LogP contribution in [0.4, 0.5) is 23.1 Å². The number of nitrogens with zero attached hydrogens (tertiary/aromatic N) is 3. The minimum Gasteiger partial charge on any atom is -0.345 e. The van der Waals surface area contributed by atoms with Gasteiger partial charge >= 0.3 is 12.2 Å². The summed E-state index contributed by atoms with van der Waals surface area (Å²) in [6.45, 7) is 5.92. The monoisotopic (exact) mass is 372 g/mol. The Morgan fingerprint density at radius 2 is 1.92 bits per heavy atom. The van der Waals surface area contributed by atoms with E-state index in [0.29, 0.717) is 36.0 Å². The number of nitrogens with one attached hydrogen (secondary N) is 1. The van der Waals surface area contributed by atoms with Crippen molar-refractivity contribution >= 4 is 32.7 Å². The van der Waals surface area contributed by atoms with E-state index in [-0.39, 0.29) is 17.6 Å². The predicted molar refractivity (Wildman–Crippen MR) is 92.1 cm³/mol. The van der Waals surface area contributed by atoms with Gasteiger partial charge in [-0.05, 0) is 26.0 Å². The van der Waals surface area contributed by atoms with Gasteiger partial charge in [0.1, 0.15) is 0 Å². The van der Waals surface area contributed by atoms with Crippen molar-refractivity contribution in [2.45, 2.75) is 26.1 Å². The van der Waals surface area contributed by atoms with Gasteiger partial charge in [0.25, 0.3) is 0 Å². The largest absolute Gasteiger partial charge is 0.418 e. The molecular formula is C16H19F3N4OS. The Morgan fingerprint density at radius 3 is 2.52 bits per heavy atom. The van der Waals surface area contributed by atoms with Crippen molar-refractivity contribution in [1.29, 1.82) is 0 Å². The van der Waals surface area contributed by atoms with Gasteiger partial charge in [-0.3, -0.25) is 0 Å². The first kappa shape index (κ1) is 17.8. The third kappa shape index (κ3) is 3.81. The fraction of sp³-hybridized carbons (Fsp3) is 0.500. The molecule has 1 aliphatic heterocycles. The lowest BCUT2D eigenvalue weighted by Crippen LogP contribution is -2.52. The molecule has 2 aromatic rings. The summed E-state index contributed by atoms with van der Waals surface area (Å²) in [4.78, 5) is 19.9. The third-order valence-electron chi connectivity index (χ3n) is 3.96. The molecule has 1 aromatic carbocycles. The van der Waals surface area contributed by atoms with Crippen LogP contribution in [0.3, 0.4) is 0 Å². The number of anilines is 1.